The van der Waals surface area contributed by atoms with Crippen LogP contribution in [-0.4, -0.2) is 46.9 Å². The van der Waals surface area contributed by atoms with Crippen LogP contribution in [-0.2, 0) is 11.2 Å². The minimum Gasteiger partial charge on any atom is -0.465 e. The summed E-state index contributed by atoms with van der Waals surface area (Å²) in [5.74, 6) is -0.0942. The number of thiazole rings is 1. The van der Waals surface area contributed by atoms with Gasteiger partial charge in [0, 0.05) is 17.9 Å². The third-order valence-electron chi connectivity index (χ3n) is 2.70. The molecular formula is C16H23N5O5S. The number of hydrogen-bond acceptors (Lipinski definition) is 6. The fourth-order valence-electron chi connectivity index (χ4n) is 1.73. The molecule has 0 spiro atoms. The molecule has 148 valence electrons. The Balaban J connectivity index is 0.000000718. The third-order valence-corrected chi connectivity index (χ3v) is 3.46. The van der Waals surface area contributed by atoms with Crippen molar-refractivity contribution in [2.45, 2.75) is 13.3 Å². The number of carbonyl (C=O) groups excluding carboxylic acids is 1. The van der Waals surface area contributed by atoms with E-state index in [0.717, 1.165) is 24.2 Å². The first-order valence-corrected chi connectivity index (χ1v) is 8.47. The summed E-state index contributed by atoms with van der Waals surface area (Å²) >= 11 is 1.44. The van der Waals surface area contributed by atoms with E-state index in [-0.39, 0.29) is 5.91 Å². The molecule has 0 aliphatic carbocycles. The predicted molar refractivity (Wildman–Crippen MR) is 104 cm³/mol. The number of aromatic nitrogens is 1. The van der Waals surface area contributed by atoms with Crippen LogP contribution < -0.4 is 22.1 Å². The molecule has 2 aromatic rings. The number of nitrogens with zero attached hydrogens (tertiary/aromatic N) is 1. The van der Waals surface area contributed by atoms with E-state index >= 15 is 0 Å². The SMILES string of the molecule is CNCCc1ccc(-c2csc(NC(C)=O)n2)cc1.NC(=O)O.NC(=O)O. The van der Waals surface area contributed by atoms with Crippen molar-refractivity contribution in [3.63, 3.8) is 0 Å². The van der Waals surface area contributed by atoms with Gasteiger partial charge in [0.1, 0.15) is 0 Å². The van der Waals surface area contributed by atoms with Gasteiger partial charge in [-0.2, -0.15) is 0 Å². The van der Waals surface area contributed by atoms with Gasteiger partial charge in [0.2, 0.25) is 5.91 Å². The molecule has 1 aromatic carbocycles. The summed E-state index contributed by atoms with van der Waals surface area (Å²) in [5.41, 5.74) is 11.3. The van der Waals surface area contributed by atoms with E-state index in [4.69, 9.17) is 19.8 Å². The van der Waals surface area contributed by atoms with Crippen LogP contribution in [0, 0.1) is 0 Å². The first-order chi connectivity index (χ1) is 12.6. The molecule has 0 bridgehead atoms. The number of amides is 3. The van der Waals surface area contributed by atoms with E-state index in [1.807, 2.05) is 12.4 Å². The zero-order valence-electron chi connectivity index (χ0n) is 14.9. The Morgan fingerprint density at radius 3 is 2.07 bits per heavy atom. The van der Waals surface area contributed by atoms with Gasteiger partial charge in [-0.3, -0.25) is 4.79 Å². The number of anilines is 1. The number of rotatable bonds is 5. The van der Waals surface area contributed by atoms with Gasteiger partial charge in [-0.15, -0.1) is 11.3 Å². The van der Waals surface area contributed by atoms with Crippen molar-refractivity contribution < 1.29 is 24.6 Å². The van der Waals surface area contributed by atoms with E-state index < -0.39 is 12.2 Å². The lowest BCUT2D eigenvalue weighted by Crippen LogP contribution is -2.10. The maximum atomic E-state index is 11.0. The molecule has 8 N–H and O–H groups in total. The number of primary amides is 2. The lowest BCUT2D eigenvalue weighted by atomic mass is 10.1. The summed E-state index contributed by atoms with van der Waals surface area (Å²) in [6.45, 7) is 2.46. The molecule has 3 amide bonds. The smallest absolute Gasteiger partial charge is 0.402 e. The molecular weight excluding hydrogens is 374 g/mol. The molecule has 0 unspecified atom stereocenters. The molecule has 0 fully saturated rings. The number of benzene rings is 1. The van der Waals surface area contributed by atoms with E-state index in [1.54, 1.807) is 0 Å². The third kappa shape index (κ3) is 12.8. The molecule has 2 rings (SSSR count). The number of carbonyl (C=O) groups is 3. The van der Waals surface area contributed by atoms with Crippen LogP contribution in [0.3, 0.4) is 0 Å². The summed E-state index contributed by atoms with van der Waals surface area (Å²) in [5, 5.41) is 22.8. The van der Waals surface area contributed by atoms with Crippen LogP contribution in [0.1, 0.15) is 12.5 Å². The van der Waals surface area contributed by atoms with Crippen molar-refractivity contribution in [1.82, 2.24) is 10.3 Å². The Morgan fingerprint density at radius 2 is 1.63 bits per heavy atom. The number of likely N-dealkylation sites (N-methyl/N-ethyl adjacent to an activating group) is 1. The lowest BCUT2D eigenvalue weighted by Gasteiger charge is -2.02. The molecule has 1 heterocycles. The van der Waals surface area contributed by atoms with Crippen molar-refractivity contribution in [1.29, 1.82) is 0 Å². The van der Waals surface area contributed by atoms with E-state index in [0.29, 0.717) is 5.13 Å². The van der Waals surface area contributed by atoms with Gasteiger partial charge in [0.05, 0.1) is 5.69 Å². The van der Waals surface area contributed by atoms with Crippen LogP contribution in [0.25, 0.3) is 11.3 Å². The Morgan fingerprint density at radius 1 is 1.11 bits per heavy atom. The van der Waals surface area contributed by atoms with E-state index in [9.17, 15) is 4.79 Å². The molecule has 11 heteroatoms. The van der Waals surface area contributed by atoms with Crippen molar-refractivity contribution in [2.24, 2.45) is 11.5 Å². The highest BCUT2D eigenvalue weighted by molar-refractivity contribution is 7.14. The van der Waals surface area contributed by atoms with Gasteiger partial charge >= 0.3 is 12.2 Å². The van der Waals surface area contributed by atoms with Gasteiger partial charge in [0.25, 0.3) is 0 Å². The minimum absolute atomic E-state index is 0.0942. The predicted octanol–water partition coefficient (Wildman–Crippen LogP) is 1.78. The van der Waals surface area contributed by atoms with E-state index in [1.165, 1.54) is 23.8 Å². The average molecular weight is 397 g/mol. The van der Waals surface area contributed by atoms with Crippen molar-refractivity contribution in [3.8, 4) is 11.3 Å². The average Bonchev–Trinajstić information content (AvgIpc) is 3.00. The lowest BCUT2D eigenvalue weighted by molar-refractivity contribution is -0.114. The van der Waals surface area contributed by atoms with Gasteiger partial charge in [-0.1, -0.05) is 24.3 Å². The standard InChI is InChI=1S/C14H17N3OS.2CH3NO2/c1-10(18)16-14-17-13(9-19-14)12-5-3-11(4-6-12)7-8-15-2;2*2-1(3)4/h3-6,9,15H,7-8H2,1-2H3,(H,16,17,18);2*2H2,(H,3,4). The highest BCUT2D eigenvalue weighted by Crippen LogP contribution is 2.25. The van der Waals surface area contributed by atoms with Gasteiger partial charge < -0.3 is 32.3 Å². The van der Waals surface area contributed by atoms with Crippen LogP contribution >= 0.6 is 11.3 Å². The Labute approximate surface area is 160 Å². The van der Waals surface area contributed by atoms with Gasteiger partial charge in [-0.05, 0) is 25.6 Å². The Kier molecular flexibility index (Phi) is 11.5. The molecule has 0 saturated heterocycles. The summed E-state index contributed by atoms with van der Waals surface area (Å²) in [7, 11) is 1.95. The second-order valence-corrected chi connectivity index (χ2v) is 5.80. The fraction of sp³-hybridized carbons (Fsp3) is 0.250. The normalized spacial score (nSPS) is 9.11. The minimum atomic E-state index is -1.33. The molecule has 0 aliphatic heterocycles. The Hall–Kier alpha value is -3.18. The van der Waals surface area contributed by atoms with Crippen LogP contribution in [0.4, 0.5) is 14.7 Å². The maximum Gasteiger partial charge on any atom is 0.402 e. The largest absolute Gasteiger partial charge is 0.465 e. The van der Waals surface area contributed by atoms with Crippen LogP contribution in [0.5, 0.6) is 0 Å². The number of nitrogens with two attached hydrogens (primary N) is 2. The number of carboxylic acid groups (broad SMARTS) is 2. The number of hydrogen-bond donors (Lipinski definition) is 6. The highest BCUT2D eigenvalue weighted by Gasteiger charge is 2.05. The van der Waals surface area contributed by atoms with Crippen molar-refractivity contribution in [2.75, 3.05) is 18.9 Å². The molecule has 0 aliphatic rings. The van der Waals surface area contributed by atoms with Crippen molar-refractivity contribution >= 4 is 34.6 Å². The molecule has 0 saturated carbocycles. The summed E-state index contributed by atoms with van der Waals surface area (Å²) in [6, 6.07) is 8.36. The van der Waals surface area contributed by atoms with Crippen LogP contribution in [0.15, 0.2) is 29.6 Å². The quantitative estimate of drug-likeness (QED) is 0.444. The first kappa shape index (κ1) is 23.8. The molecule has 10 nitrogen and oxygen atoms in total. The maximum absolute atomic E-state index is 11.0. The summed E-state index contributed by atoms with van der Waals surface area (Å²) < 4.78 is 0. The second kappa shape index (κ2) is 13.1. The molecule has 0 atom stereocenters. The zero-order chi connectivity index (χ0) is 20.8. The fourth-order valence-corrected chi connectivity index (χ4v) is 2.49. The van der Waals surface area contributed by atoms with Crippen LogP contribution in [0.2, 0.25) is 0 Å². The van der Waals surface area contributed by atoms with Gasteiger partial charge in [0.15, 0.2) is 5.13 Å². The second-order valence-electron chi connectivity index (χ2n) is 4.95. The molecule has 0 radical (unpaired) electrons. The van der Waals surface area contributed by atoms with Crippen molar-refractivity contribution in [3.05, 3.63) is 35.2 Å². The summed E-state index contributed by atoms with van der Waals surface area (Å²) in [4.78, 5) is 32.9. The van der Waals surface area contributed by atoms with E-state index in [2.05, 4.69) is 51.4 Å². The first-order valence-electron chi connectivity index (χ1n) is 7.59. The topological polar surface area (TPSA) is 181 Å². The molecule has 1 aromatic heterocycles. The van der Waals surface area contributed by atoms with Gasteiger partial charge in [-0.25, -0.2) is 14.6 Å². The Bertz CT molecular complexity index is 713. The number of nitrogens with one attached hydrogen (secondary N) is 2. The molecule has 27 heavy (non-hydrogen) atoms. The summed E-state index contributed by atoms with van der Waals surface area (Å²) in [6.07, 6.45) is -1.65. The highest BCUT2D eigenvalue weighted by atomic mass is 32.1. The zero-order valence-corrected chi connectivity index (χ0v) is 15.7. The monoisotopic (exact) mass is 397 g/mol.